The number of alkyl halides is 3. The van der Waals surface area contributed by atoms with Crippen molar-refractivity contribution in [3.05, 3.63) is 17.5 Å². The second kappa shape index (κ2) is 4.45. The summed E-state index contributed by atoms with van der Waals surface area (Å²) >= 11 is 0. The molecule has 1 N–H and O–H groups in total. The van der Waals surface area contributed by atoms with Crippen LogP contribution in [-0.2, 0) is 12.7 Å². The Morgan fingerprint density at radius 3 is 2.71 bits per heavy atom. The first-order chi connectivity index (χ1) is 6.54. The van der Waals surface area contributed by atoms with Gasteiger partial charge in [-0.25, -0.2) is 0 Å². The van der Waals surface area contributed by atoms with Crippen LogP contribution in [0.2, 0.25) is 0 Å². The molecule has 0 aliphatic rings. The lowest BCUT2D eigenvalue weighted by Crippen LogP contribution is -2.13. The van der Waals surface area contributed by atoms with Gasteiger partial charge in [-0.15, -0.1) is 0 Å². The summed E-state index contributed by atoms with van der Waals surface area (Å²) in [7, 11) is 0. The van der Waals surface area contributed by atoms with Crippen LogP contribution in [0, 0.1) is 0 Å². The van der Waals surface area contributed by atoms with Gasteiger partial charge in [0.15, 0.2) is 11.5 Å². The van der Waals surface area contributed by atoms with E-state index in [4.69, 9.17) is 0 Å². The van der Waals surface area contributed by atoms with Crippen LogP contribution in [-0.4, -0.2) is 11.7 Å². The Labute approximate surface area is 79.3 Å². The van der Waals surface area contributed by atoms with Crippen molar-refractivity contribution in [1.82, 2.24) is 10.5 Å². The first kappa shape index (κ1) is 11.0. The van der Waals surface area contributed by atoms with Crippen LogP contribution < -0.4 is 5.32 Å². The average Bonchev–Trinajstić information content (AvgIpc) is 2.52. The molecule has 6 heteroatoms. The lowest BCUT2D eigenvalue weighted by atomic mass is 10.3. The van der Waals surface area contributed by atoms with Crippen LogP contribution in [0.25, 0.3) is 0 Å². The Balaban J connectivity index is 2.51. The molecule has 0 aromatic carbocycles. The van der Waals surface area contributed by atoms with E-state index in [1.54, 1.807) is 0 Å². The molecule has 0 atom stereocenters. The van der Waals surface area contributed by atoms with Gasteiger partial charge in [0.2, 0.25) is 0 Å². The quantitative estimate of drug-likeness (QED) is 0.771. The smallest absolute Gasteiger partial charge is 0.359 e. The maximum Gasteiger partial charge on any atom is 0.436 e. The van der Waals surface area contributed by atoms with Crippen molar-refractivity contribution in [1.29, 1.82) is 0 Å². The first-order valence-corrected chi connectivity index (χ1v) is 4.27. The molecule has 0 unspecified atom stereocenters. The fraction of sp³-hybridized carbons (Fsp3) is 0.625. The van der Waals surface area contributed by atoms with Crippen molar-refractivity contribution < 1.29 is 17.7 Å². The maximum atomic E-state index is 12.0. The van der Waals surface area contributed by atoms with E-state index in [2.05, 4.69) is 15.0 Å². The van der Waals surface area contributed by atoms with E-state index in [-0.39, 0.29) is 12.3 Å². The summed E-state index contributed by atoms with van der Waals surface area (Å²) in [6.45, 7) is 2.98. The molecule has 0 saturated carbocycles. The zero-order chi connectivity index (χ0) is 10.6. The van der Waals surface area contributed by atoms with Crippen molar-refractivity contribution in [3.63, 3.8) is 0 Å². The van der Waals surface area contributed by atoms with E-state index in [0.717, 1.165) is 19.0 Å². The Kier molecular flexibility index (Phi) is 3.51. The lowest BCUT2D eigenvalue weighted by Gasteiger charge is -1.98. The van der Waals surface area contributed by atoms with Crippen LogP contribution >= 0.6 is 0 Å². The summed E-state index contributed by atoms with van der Waals surface area (Å²) in [5.74, 6) is 0.200. The third-order valence-electron chi connectivity index (χ3n) is 1.58. The van der Waals surface area contributed by atoms with E-state index in [0.29, 0.717) is 0 Å². The molecule has 0 fully saturated rings. The van der Waals surface area contributed by atoms with Gasteiger partial charge in [-0.05, 0) is 13.0 Å². The highest BCUT2D eigenvalue weighted by Gasteiger charge is 2.34. The predicted molar refractivity (Wildman–Crippen MR) is 43.5 cm³/mol. The van der Waals surface area contributed by atoms with Crippen LogP contribution in [0.5, 0.6) is 0 Å². The fourth-order valence-electron chi connectivity index (χ4n) is 0.918. The molecule has 80 valence electrons. The monoisotopic (exact) mass is 208 g/mol. The van der Waals surface area contributed by atoms with Crippen molar-refractivity contribution in [2.75, 3.05) is 6.54 Å². The van der Waals surface area contributed by atoms with Gasteiger partial charge in [-0.1, -0.05) is 12.1 Å². The summed E-state index contributed by atoms with van der Waals surface area (Å²) in [4.78, 5) is 0. The van der Waals surface area contributed by atoms with Crippen LogP contribution in [0.4, 0.5) is 13.2 Å². The third kappa shape index (κ3) is 3.02. The Bertz CT molecular complexity index is 282. The molecule has 0 amide bonds. The molecule has 0 saturated heterocycles. The largest absolute Gasteiger partial charge is 0.436 e. The number of hydrogen-bond donors (Lipinski definition) is 1. The van der Waals surface area contributed by atoms with Gasteiger partial charge in [0.25, 0.3) is 0 Å². The van der Waals surface area contributed by atoms with Crippen molar-refractivity contribution >= 4 is 0 Å². The zero-order valence-electron chi connectivity index (χ0n) is 7.69. The van der Waals surface area contributed by atoms with Gasteiger partial charge in [0.1, 0.15) is 0 Å². The Hall–Kier alpha value is -1.04. The number of halogens is 3. The molecule has 0 bridgehead atoms. The summed E-state index contributed by atoms with van der Waals surface area (Å²) in [5, 5.41) is 5.84. The van der Waals surface area contributed by atoms with Crippen LogP contribution in [0.15, 0.2) is 10.6 Å². The molecule has 0 radical (unpaired) electrons. The number of aromatic nitrogens is 1. The fourth-order valence-corrected chi connectivity index (χ4v) is 0.918. The maximum absolute atomic E-state index is 12.0. The van der Waals surface area contributed by atoms with Crippen molar-refractivity contribution in [2.45, 2.75) is 26.1 Å². The molecular formula is C8H11F3N2O. The number of nitrogens with zero attached hydrogens (tertiary/aromatic N) is 1. The normalized spacial score (nSPS) is 12.0. The molecule has 1 rings (SSSR count). The molecule has 0 aliphatic heterocycles. The lowest BCUT2D eigenvalue weighted by molar-refractivity contribution is -0.142. The van der Waals surface area contributed by atoms with Crippen molar-refractivity contribution in [3.8, 4) is 0 Å². The highest BCUT2D eigenvalue weighted by Crippen LogP contribution is 2.28. The zero-order valence-corrected chi connectivity index (χ0v) is 7.69. The van der Waals surface area contributed by atoms with Gasteiger partial charge in [-0.3, -0.25) is 0 Å². The molecule has 14 heavy (non-hydrogen) atoms. The highest BCUT2D eigenvalue weighted by molar-refractivity contribution is 5.08. The first-order valence-electron chi connectivity index (χ1n) is 4.27. The van der Waals surface area contributed by atoms with Crippen LogP contribution in [0.3, 0.4) is 0 Å². The minimum Gasteiger partial charge on any atom is -0.359 e. The van der Waals surface area contributed by atoms with E-state index < -0.39 is 11.9 Å². The summed E-state index contributed by atoms with van der Waals surface area (Å²) in [6, 6.07) is 0.905. The average molecular weight is 208 g/mol. The Morgan fingerprint density at radius 1 is 1.50 bits per heavy atom. The molecule has 1 heterocycles. The molecule has 3 nitrogen and oxygen atoms in total. The standard InChI is InChI=1S/C8H11F3N2O/c1-2-3-12-5-6-4-7(13-14-6)8(9,10)11/h4,12H,2-3,5H2,1H3. The van der Waals surface area contributed by atoms with Crippen molar-refractivity contribution in [2.24, 2.45) is 0 Å². The minimum atomic E-state index is -4.42. The molecule has 0 aliphatic carbocycles. The minimum absolute atomic E-state index is 0.200. The Morgan fingerprint density at radius 2 is 2.21 bits per heavy atom. The van der Waals surface area contributed by atoms with E-state index in [1.807, 2.05) is 6.92 Å². The summed E-state index contributed by atoms with van der Waals surface area (Å²) < 4.78 is 40.6. The van der Waals surface area contributed by atoms with Gasteiger partial charge in [0, 0.05) is 6.07 Å². The van der Waals surface area contributed by atoms with Crippen LogP contribution in [0.1, 0.15) is 24.8 Å². The second-order valence-electron chi connectivity index (χ2n) is 2.85. The highest BCUT2D eigenvalue weighted by atomic mass is 19.4. The van der Waals surface area contributed by atoms with E-state index in [9.17, 15) is 13.2 Å². The number of hydrogen-bond acceptors (Lipinski definition) is 3. The summed E-state index contributed by atoms with van der Waals surface area (Å²) in [5.41, 5.74) is -0.981. The van der Waals surface area contributed by atoms with Gasteiger partial charge >= 0.3 is 6.18 Å². The van der Waals surface area contributed by atoms with E-state index >= 15 is 0 Å². The predicted octanol–water partition coefficient (Wildman–Crippen LogP) is 2.19. The SMILES string of the molecule is CCCNCc1cc(C(F)(F)F)no1. The van der Waals surface area contributed by atoms with Gasteiger partial charge < -0.3 is 9.84 Å². The van der Waals surface area contributed by atoms with Gasteiger partial charge in [0.05, 0.1) is 6.54 Å². The molecule has 1 aromatic rings. The molecule has 0 spiro atoms. The third-order valence-corrected chi connectivity index (χ3v) is 1.58. The van der Waals surface area contributed by atoms with E-state index in [1.165, 1.54) is 0 Å². The number of rotatable bonds is 4. The molecular weight excluding hydrogens is 197 g/mol. The summed E-state index contributed by atoms with van der Waals surface area (Å²) in [6.07, 6.45) is -3.51. The molecule has 1 aromatic heterocycles. The van der Waals surface area contributed by atoms with Gasteiger partial charge in [-0.2, -0.15) is 13.2 Å². The topological polar surface area (TPSA) is 38.1 Å². The second-order valence-corrected chi connectivity index (χ2v) is 2.85. The number of nitrogens with one attached hydrogen (secondary N) is 1.